The molecule has 3 aromatic rings. The van der Waals surface area contributed by atoms with Crippen molar-refractivity contribution < 1.29 is 18.0 Å². The van der Waals surface area contributed by atoms with Crippen LogP contribution >= 0.6 is 23.2 Å². The second-order valence-electron chi connectivity index (χ2n) is 9.96. The van der Waals surface area contributed by atoms with E-state index in [9.17, 15) is 18.0 Å². The first-order valence-electron chi connectivity index (χ1n) is 13.0. The van der Waals surface area contributed by atoms with Crippen LogP contribution in [0.25, 0.3) is 0 Å². The molecule has 0 aliphatic carbocycles. The smallest absolute Gasteiger partial charge is 0.264 e. The first-order valence-corrected chi connectivity index (χ1v) is 15.2. The molecule has 1 atom stereocenters. The zero-order valence-corrected chi connectivity index (χ0v) is 25.6. The van der Waals surface area contributed by atoms with Crippen molar-refractivity contribution in [2.24, 2.45) is 0 Å². The number of hydrogen-bond donors (Lipinski definition) is 1. The van der Waals surface area contributed by atoms with Gasteiger partial charge < -0.3 is 10.2 Å². The van der Waals surface area contributed by atoms with Crippen LogP contribution in [0.3, 0.4) is 0 Å². The van der Waals surface area contributed by atoms with E-state index in [2.05, 4.69) is 5.32 Å². The van der Waals surface area contributed by atoms with Gasteiger partial charge in [-0.1, -0.05) is 66.5 Å². The molecule has 0 radical (unpaired) electrons. The first-order chi connectivity index (χ1) is 18.8. The second-order valence-corrected chi connectivity index (χ2v) is 12.7. The fourth-order valence-electron chi connectivity index (χ4n) is 4.35. The minimum atomic E-state index is -4.14. The Bertz CT molecular complexity index is 1460. The van der Waals surface area contributed by atoms with Gasteiger partial charge in [-0.3, -0.25) is 13.9 Å². The molecule has 1 N–H and O–H groups in total. The summed E-state index contributed by atoms with van der Waals surface area (Å²) < 4.78 is 29.0. The molecule has 214 valence electrons. The second kappa shape index (κ2) is 13.5. The lowest BCUT2D eigenvalue weighted by molar-refractivity contribution is -0.140. The van der Waals surface area contributed by atoms with Gasteiger partial charge in [-0.25, -0.2) is 8.42 Å². The Morgan fingerprint density at radius 3 is 2.23 bits per heavy atom. The van der Waals surface area contributed by atoms with Crippen LogP contribution in [0.15, 0.2) is 71.6 Å². The summed E-state index contributed by atoms with van der Waals surface area (Å²) in [5.74, 6) is -0.877. The quantitative estimate of drug-likeness (QED) is 0.285. The average Bonchev–Trinajstić information content (AvgIpc) is 2.89. The van der Waals surface area contributed by atoms with Crippen molar-refractivity contribution in [3.05, 3.63) is 93.5 Å². The van der Waals surface area contributed by atoms with Crippen LogP contribution in [-0.2, 0) is 26.2 Å². The molecule has 2 amide bonds. The van der Waals surface area contributed by atoms with Crippen LogP contribution in [0.5, 0.6) is 0 Å². The number of nitrogens with zero attached hydrogens (tertiary/aromatic N) is 2. The third kappa shape index (κ3) is 7.56. The number of anilines is 1. The molecule has 10 heteroatoms. The van der Waals surface area contributed by atoms with E-state index < -0.39 is 28.5 Å². The van der Waals surface area contributed by atoms with E-state index in [4.69, 9.17) is 23.2 Å². The maximum Gasteiger partial charge on any atom is 0.264 e. The molecule has 0 aliphatic heterocycles. The molecule has 3 rings (SSSR count). The van der Waals surface area contributed by atoms with E-state index in [0.717, 1.165) is 9.87 Å². The van der Waals surface area contributed by atoms with Crippen molar-refractivity contribution in [2.75, 3.05) is 10.8 Å². The van der Waals surface area contributed by atoms with Gasteiger partial charge in [-0.2, -0.15) is 0 Å². The van der Waals surface area contributed by atoms with Gasteiger partial charge in [-0.15, -0.1) is 0 Å². The number of halogens is 2. The molecule has 40 heavy (non-hydrogen) atoms. The van der Waals surface area contributed by atoms with Gasteiger partial charge in [0.05, 0.1) is 10.6 Å². The largest absolute Gasteiger partial charge is 0.352 e. The maximum atomic E-state index is 14.1. The number of carbonyl (C=O) groups excluding carboxylic acids is 2. The first kappa shape index (κ1) is 31.5. The van der Waals surface area contributed by atoms with E-state index >= 15 is 0 Å². The van der Waals surface area contributed by atoms with Crippen molar-refractivity contribution in [3.8, 4) is 0 Å². The zero-order chi connectivity index (χ0) is 29.6. The highest BCUT2D eigenvalue weighted by Crippen LogP contribution is 2.29. The monoisotopic (exact) mass is 603 g/mol. The number of rotatable bonds is 11. The number of amides is 2. The Morgan fingerprint density at radius 1 is 0.950 bits per heavy atom. The normalized spacial score (nSPS) is 12.2. The summed E-state index contributed by atoms with van der Waals surface area (Å²) in [6.45, 7) is 8.60. The van der Waals surface area contributed by atoms with E-state index in [1.807, 2.05) is 32.9 Å². The highest BCUT2D eigenvalue weighted by Gasteiger charge is 2.34. The molecule has 7 nitrogen and oxygen atoms in total. The molecule has 0 fully saturated rings. The predicted octanol–water partition coefficient (Wildman–Crippen LogP) is 6.14. The van der Waals surface area contributed by atoms with Crippen molar-refractivity contribution in [1.29, 1.82) is 0 Å². The summed E-state index contributed by atoms with van der Waals surface area (Å²) in [6, 6.07) is 17.3. The molecule has 0 spiro atoms. The van der Waals surface area contributed by atoms with Crippen LogP contribution in [0.1, 0.15) is 43.9 Å². The van der Waals surface area contributed by atoms with Crippen molar-refractivity contribution in [2.45, 2.75) is 64.6 Å². The summed E-state index contributed by atoms with van der Waals surface area (Å²) in [5, 5.41) is 3.65. The SMILES string of the molecule is CC[C@@H](C(=O)NC(C)C)N(Cc1ccc(Cl)cc1Cl)C(=O)CN(c1cc(C)ccc1C)S(=O)(=O)c1ccccc1. The maximum absolute atomic E-state index is 14.1. The zero-order valence-electron chi connectivity index (χ0n) is 23.3. The van der Waals surface area contributed by atoms with Crippen molar-refractivity contribution in [1.82, 2.24) is 10.2 Å². The van der Waals surface area contributed by atoms with Gasteiger partial charge in [0, 0.05) is 22.6 Å². The highest BCUT2D eigenvalue weighted by atomic mass is 35.5. The molecular weight excluding hydrogens is 569 g/mol. The lowest BCUT2D eigenvalue weighted by Gasteiger charge is -2.34. The van der Waals surface area contributed by atoms with Gasteiger partial charge in [0.25, 0.3) is 10.0 Å². The molecular formula is C30H35Cl2N3O4S. The minimum absolute atomic E-state index is 0.00905. The van der Waals surface area contributed by atoms with E-state index in [1.54, 1.807) is 56.3 Å². The van der Waals surface area contributed by atoms with E-state index in [0.29, 0.717) is 33.3 Å². The molecule has 0 aromatic heterocycles. The summed E-state index contributed by atoms with van der Waals surface area (Å²) in [7, 11) is -4.14. The van der Waals surface area contributed by atoms with Gasteiger partial charge in [0.1, 0.15) is 12.6 Å². The van der Waals surface area contributed by atoms with Crippen molar-refractivity contribution in [3.63, 3.8) is 0 Å². The van der Waals surface area contributed by atoms with Crippen LogP contribution in [0.2, 0.25) is 10.0 Å². The summed E-state index contributed by atoms with van der Waals surface area (Å²) >= 11 is 12.5. The summed E-state index contributed by atoms with van der Waals surface area (Å²) in [6.07, 6.45) is 0.310. The Labute approximate surface area is 247 Å². The number of aryl methyl sites for hydroxylation is 2. The number of hydrogen-bond acceptors (Lipinski definition) is 4. The molecule has 3 aromatic carbocycles. The lowest BCUT2D eigenvalue weighted by Crippen LogP contribution is -2.53. The minimum Gasteiger partial charge on any atom is -0.352 e. The van der Waals surface area contributed by atoms with Crippen molar-refractivity contribution >= 4 is 50.7 Å². The van der Waals surface area contributed by atoms with Gasteiger partial charge in [0.2, 0.25) is 11.8 Å². The van der Waals surface area contributed by atoms with Crippen LogP contribution in [-0.4, -0.2) is 43.8 Å². The number of nitrogens with one attached hydrogen (secondary N) is 1. The van der Waals surface area contributed by atoms with E-state index in [-0.39, 0.29) is 23.4 Å². The van der Waals surface area contributed by atoms with Crippen LogP contribution in [0, 0.1) is 13.8 Å². The number of sulfonamides is 1. The Hall–Kier alpha value is -3.07. The van der Waals surface area contributed by atoms with Crippen LogP contribution in [0.4, 0.5) is 5.69 Å². The third-order valence-electron chi connectivity index (χ3n) is 6.42. The number of benzene rings is 3. The Morgan fingerprint density at radius 2 is 1.62 bits per heavy atom. The van der Waals surface area contributed by atoms with Gasteiger partial charge >= 0.3 is 0 Å². The predicted molar refractivity (Wildman–Crippen MR) is 161 cm³/mol. The van der Waals surface area contributed by atoms with E-state index in [1.165, 1.54) is 17.0 Å². The number of carbonyl (C=O) groups is 2. The topological polar surface area (TPSA) is 86.8 Å². The molecule has 0 aliphatic rings. The molecule has 0 unspecified atom stereocenters. The Kier molecular flexibility index (Phi) is 10.6. The highest BCUT2D eigenvalue weighted by molar-refractivity contribution is 7.92. The standard InChI is InChI=1S/C30H35Cl2N3O4S/c1-6-27(30(37)33-20(2)3)34(18-23-14-15-24(31)17-26(23)32)29(36)19-35(28-16-21(4)12-13-22(28)5)40(38,39)25-10-8-7-9-11-25/h7-17,20,27H,6,18-19H2,1-5H3,(H,33,37)/t27-/m0/s1. The van der Waals surface area contributed by atoms with Gasteiger partial charge in [0.15, 0.2) is 0 Å². The lowest BCUT2D eigenvalue weighted by atomic mass is 10.1. The fraction of sp³-hybridized carbons (Fsp3) is 0.333. The fourth-order valence-corrected chi connectivity index (χ4v) is 6.31. The molecule has 0 saturated carbocycles. The summed E-state index contributed by atoms with van der Waals surface area (Å²) in [5.41, 5.74) is 2.50. The van der Waals surface area contributed by atoms with Gasteiger partial charge in [-0.05, 0) is 81.1 Å². The van der Waals surface area contributed by atoms with Crippen LogP contribution < -0.4 is 9.62 Å². The molecule has 0 saturated heterocycles. The molecule has 0 bridgehead atoms. The third-order valence-corrected chi connectivity index (χ3v) is 8.78. The average molecular weight is 605 g/mol. The Balaban J connectivity index is 2.12. The molecule has 0 heterocycles. The summed E-state index contributed by atoms with van der Waals surface area (Å²) in [4.78, 5) is 28.8.